The maximum atomic E-state index is 9.41. The first-order valence-electron chi connectivity index (χ1n) is 6.51. The Kier molecular flexibility index (Phi) is 3.02. The third-order valence-electron chi connectivity index (χ3n) is 3.95. The maximum Gasteiger partial charge on any atom is 0.0702 e. The van der Waals surface area contributed by atoms with Crippen molar-refractivity contribution >= 4 is 10.9 Å². The van der Waals surface area contributed by atoms with Crippen LogP contribution in [0.15, 0.2) is 36.5 Å². The van der Waals surface area contributed by atoms with Gasteiger partial charge in [0.25, 0.3) is 0 Å². The standard InChI is InChI=1S/C15H18N2O/c18-11-15(6-2-7-15)17-10-12-4-5-14-13(9-12)3-1-8-16-14/h1,3-5,8-9,17-18H,2,6-7,10-11H2. The number of fused-ring (bicyclic) bond motifs is 1. The number of hydrogen-bond donors (Lipinski definition) is 2. The fourth-order valence-electron chi connectivity index (χ4n) is 2.52. The van der Waals surface area contributed by atoms with E-state index in [1.54, 1.807) is 0 Å². The monoisotopic (exact) mass is 242 g/mol. The molecule has 1 aromatic carbocycles. The second-order valence-electron chi connectivity index (χ2n) is 5.18. The predicted octanol–water partition coefficient (Wildman–Crippen LogP) is 2.24. The van der Waals surface area contributed by atoms with Crippen molar-refractivity contribution in [2.75, 3.05) is 6.61 Å². The van der Waals surface area contributed by atoms with E-state index in [1.165, 1.54) is 17.4 Å². The fourth-order valence-corrected chi connectivity index (χ4v) is 2.52. The Morgan fingerprint density at radius 3 is 2.89 bits per heavy atom. The van der Waals surface area contributed by atoms with Gasteiger partial charge in [-0.25, -0.2) is 0 Å². The summed E-state index contributed by atoms with van der Waals surface area (Å²) in [6.07, 6.45) is 5.20. The lowest BCUT2D eigenvalue weighted by molar-refractivity contribution is 0.0872. The molecule has 0 bridgehead atoms. The molecule has 0 aliphatic heterocycles. The average Bonchev–Trinajstić information content (AvgIpc) is 2.38. The average molecular weight is 242 g/mol. The first-order valence-corrected chi connectivity index (χ1v) is 6.51. The molecule has 2 N–H and O–H groups in total. The second-order valence-corrected chi connectivity index (χ2v) is 5.18. The van der Waals surface area contributed by atoms with Crippen molar-refractivity contribution in [3.8, 4) is 0 Å². The number of aliphatic hydroxyl groups is 1. The van der Waals surface area contributed by atoms with Crippen LogP contribution in [0.5, 0.6) is 0 Å². The van der Waals surface area contributed by atoms with Gasteiger partial charge in [0.15, 0.2) is 0 Å². The molecule has 1 fully saturated rings. The third-order valence-corrected chi connectivity index (χ3v) is 3.95. The summed E-state index contributed by atoms with van der Waals surface area (Å²) < 4.78 is 0. The Hall–Kier alpha value is -1.45. The van der Waals surface area contributed by atoms with Gasteiger partial charge in [0.05, 0.1) is 12.1 Å². The first kappa shape index (κ1) is 11.6. The smallest absolute Gasteiger partial charge is 0.0702 e. The van der Waals surface area contributed by atoms with E-state index >= 15 is 0 Å². The largest absolute Gasteiger partial charge is 0.394 e. The lowest BCUT2D eigenvalue weighted by atomic mass is 9.77. The fraction of sp³-hybridized carbons (Fsp3) is 0.400. The van der Waals surface area contributed by atoms with Crippen LogP contribution >= 0.6 is 0 Å². The van der Waals surface area contributed by atoms with Gasteiger partial charge in [-0.15, -0.1) is 0 Å². The molecular formula is C15H18N2O. The van der Waals surface area contributed by atoms with E-state index in [-0.39, 0.29) is 12.1 Å². The molecule has 2 aromatic rings. The van der Waals surface area contributed by atoms with Gasteiger partial charge in [-0.2, -0.15) is 0 Å². The van der Waals surface area contributed by atoms with Crippen molar-refractivity contribution < 1.29 is 5.11 Å². The summed E-state index contributed by atoms with van der Waals surface area (Å²) in [5.41, 5.74) is 2.25. The van der Waals surface area contributed by atoms with Crippen LogP contribution in [0.1, 0.15) is 24.8 Å². The SMILES string of the molecule is OCC1(NCc2ccc3ncccc3c2)CCC1. The molecule has 3 nitrogen and oxygen atoms in total. The molecule has 0 saturated heterocycles. The van der Waals surface area contributed by atoms with E-state index in [9.17, 15) is 5.11 Å². The lowest BCUT2D eigenvalue weighted by Gasteiger charge is -2.41. The zero-order chi connectivity index (χ0) is 12.4. The molecule has 18 heavy (non-hydrogen) atoms. The minimum Gasteiger partial charge on any atom is -0.394 e. The molecule has 0 unspecified atom stereocenters. The zero-order valence-corrected chi connectivity index (χ0v) is 10.4. The van der Waals surface area contributed by atoms with Gasteiger partial charge >= 0.3 is 0 Å². The quantitative estimate of drug-likeness (QED) is 0.864. The second kappa shape index (κ2) is 4.67. The number of benzene rings is 1. The number of pyridine rings is 1. The molecular weight excluding hydrogens is 224 g/mol. The van der Waals surface area contributed by atoms with Gasteiger partial charge < -0.3 is 10.4 Å². The van der Waals surface area contributed by atoms with Crippen LogP contribution in [-0.2, 0) is 6.54 Å². The third kappa shape index (κ3) is 2.11. The molecule has 94 valence electrons. The molecule has 0 radical (unpaired) electrons. The highest BCUT2D eigenvalue weighted by atomic mass is 16.3. The van der Waals surface area contributed by atoms with Crippen LogP contribution in [0, 0.1) is 0 Å². The summed E-state index contributed by atoms with van der Waals surface area (Å²) in [5.74, 6) is 0. The number of nitrogens with zero attached hydrogens (tertiary/aromatic N) is 1. The van der Waals surface area contributed by atoms with E-state index in [0.29, 0.717) is 0 Å². The van der Waals surface area contributed by atoms with Gasteiger partial charge in [0, 0.05) is 23.7 Å². The number of rotatable bonds is 4. The summed E-state index contributed by atoms with van der Waals surface area (Å²) in [7, 11) is 0. The van der Waals surface area contributed by atoms with Crippen LogP contribution in [0.2, 0.25) is 0 Å². The van der Waals surface area contributed by atoms with E-state index in [0.717, 1.165) is 24.9 Å². The first-order chi connectivity index (χ1) is 8.81. The molecule has 0 atom stereocenters. The van der Waals surface area contributed by atoms with Crippen molar-refractivity contribution in [1.29, 1.82) is 0 Å². The molecule has 1 aromatic heterocycles. The highest BCUT2D eigenvalue weighted by Gasteiger charge is 2.35. The van der Waals surface area contributed by atoms with Gasteiger partial charge in [-0.05, 0) is 43.0 Å². The molecule has 1 aliphatic carbocycles. The molecule has 0 amide bonds. The summed E-state index contributed by atoms with van der Waals surface area (Å²) in [6, 6.07) is 10.4. The Morgan fingerprint density at radius 1 is 1.28 bits per heavy atom. The van der Waals surface area contributed by atoms with E-state index in [4.69, 9.17) is 0 Å². The highest BCUT2D eigenvalue weighted by Crippen LogP contribution is 2.31. The summed E-state index contributed by atoms with van der Waals surface area (Å²) >= 11 is 0. The van der Waals surface area contributed by atoms with Gasteiger partial charge in [0.1, 0.15) is 0 Å². The van der Waals surface area contributed by atoms with Crippen molar-refractivity contribution in [3.63, 3.8) is 0 Å². The number of aromatic nitrogens is 1. The maximum absolute atomic E-state index is 9.41. The number of hydrogen-bond acceptors (Lipinski definition) is 3. The van der Waals surface area contributed by atoms with Crippen molar-refractivity contribution in [2.24, 2.45) is 0 Å². The lowest BCUT2D eigenvalue weighted by Crippen LogP contribution is -2.53. The highest BCUT2D eigenvalue weighted by molar-refractivity contribution is 5.78. The van der Waals surface area contributed by atoms with Crippen LogP contribution < -0.4 is 5.32 Å². The minimum absolute atomic E-state index is 0.0239. The topological polar surface area (TPSA) is 45.1 Å². The van der Waals surface area contributed by atoms with Crippen molar-refractivity contribution in [1.82, 2.24) is 10.3 Å². The van der Waals surface area contributed by atoms with Gasteiger partial charge in [-0.3, -0.25) is 4.98 Å². The summed E-state index contributed by atoms with van der Waals surface area (Å²) in [4.78, 5) is 4.31. The van der Waals surface area contributed by atoms with Gasteiger partial charge in [0.2, 0.25) is 0 Å². The Bertz CT molecular complexity index is 543. The predicted molar refractivity (Wildman–Crippen MR) is 72.3 cm³/mol. The van der Waals surface area contributed by atoms with Crippen molar-refractivity contribution in [2.45, 2.75) is 31.3 Å². The summed E-state index contributed by atoms with van der Waals surface area (Å²) in [5, 5.41) is 14.1. The molecule has 3 heteroatoms. The zero-order valence-electron chi connectivity index (χ0n) is 10.4. The number of nitrogens with one attached hydrogen (secondary N) is 1. The molecule has 3 rings (SSSR count). The minimum atomic E-state index is -0.0239. The Balaban J connectivity index is 1.74. The molecule has 1 heterocycles. The Morgan fingerprint density at radius 2 is 2.17 bits per heavy atom. The van der Waals surface area contributed by atoms with E-state index < -0.39 is 0 Å². The molecule has 0 spiro atoms. The normalized spacial score (nSPS) is 17.6. The van der Waals surface area contributed by atoms with Crippen LogP contribution in [0.3, 0.4) is 0 Å². The Labute approximate surface area is 107 Å². The van der Waals surface area contributed by atoms with Crippen LogP contribution in [-0.4, -0.2) is 22.2 Å². The van der Waals surface area contributed by atoms with Crippen molar-refractivity contribution in [3.05, 3.63) is 42.1 Å². The number of aliphatic hydroxyl groups excluding tert-OH is 1. The summed E-state index contributed by atoms with van der Waals surface area (Å²) in [6.45, 7) is 1.05. The van der Waals surface area contributed by atoms with Crippen LogP contribution in [0.25, 0.3) is 10.9 Å². The van der Waals surface area contributed by atoms with Crippen LogP contribution in [0.4, 0.5) is 0 Å². The molecule has 1 aliphatic rings. The van der Waals surface area contributed by atoms with Gasteiger partial charge in [-0.1, -0.05) is 12.1 Å². The molecule has 1 saturated carbocycles. The van der Waals surface area contributed by atoms with E-state index in [2.05, 4.69) is 34.6 Å². The van der Waals surface area contributed by atoms with E-state index in [1.807, 2.05) is 12.3 Å².